The third kappa shape index (κ3) is 4.56. The van der Waals surface area contributed by atoms with Crippen LogP contribution in [0.15, 0.2) is 36.4 Å². The van der Waals surface area contributed by atoms with Crippen LogP contribution in [0.25, 0.3) is 5.57 Å². The Balaban J connectivity index is 2.30. The summed E-state index contributed by atoms with van der Waals surface area (Å²) >= 11 is 11.9. The second kappa shape index (κ2) is 8.25. The molecule has 1 amide bonds. The molecule has 136 valence electrons. The number of carbonyl (C=O) groups excluding carboxylic acids is 1. The van der Waals surface area contributed by atoms with Gasteiger partial charge in [-0.2, -0.15) is 0 Å². The highest BCUT2D eigenvalue weighted by Crippen LogP contribution is 2.28. The van der Waals surface area contributed by atoms with Gasteiger partial charge < -0.3 is 15.2 Å². The minimum atomic E-state index is -1.16. The third-order valence-corrected chi connectivity index (χ3v) is 4.48. The first-order chi connectivity index (χ1) is 12.2. The first-order valence-electron chi connectivity index (χ1n) is 7.59. The molecular weight excluding hydrogens is 377 g/mol. The Morgan fingerprint density at radius 1 is 1.15 bits per heavy atom. The molecular formula is C19H17Cl2NO4. The zero-order valence-corrected chi connectivity index (χ0v) is 15.9. The molecule has 2 rings (SSSR count). The maximum atomic E-state index is 12.3. The molecule has 0 fully saturated rings. The highest BCUT2D eigenvalue weighted by molar-refractivity contribution is 6.42. The normalized spacial score (nSPS) is 11.2. The number of carbonyl (C=O) groups is 2. The minimum Gasteiger partial charge on any atom is -0.496 e. The zero-order chi connectivity index (χ0) is 19.4. The van der Waals surface area contributed by atoms with Crippen molar-refractivity contribution in [3.63, 3.8) is 0 Å². The van der Waals surface area contributed by atoms with Crippen molar-refractivity contribution in [2.75, 3.05) is 12.4 Å². The number of amides is 1. The Bertz CT molecular complexity index is 907. The van der Waals surface area contributed by atoms with E-state index in [1.165, 1.54) is 19.3 Å². The van der Waals surface area contributed by atoms with Gasteiger partial charge in [-0.3, -0.25) is 4.79 Å². The first kappa shape index (κ1) is 19.8. The van der Waals surface area contributed by atoms with Crippen molar-refractivity contribution < 1.29 is 19.4 Å². The minimum absolute atomic E-state index is 0.0543. The number of anilines is 1. The predicted molar refractivity (Wildman–Crippen MR) is 103 cm³/mol. The van der Waals surface area contributed by atoms with E-state index in [1.54, 1.807) is 38.1 Å². The Kier molecular flexibility index (Phi) is 6.29. The van der Waals surface area contributed by atoms with Gasteiger partial charge in [0.2, 0.25) is 5.91 Å². The molecule has 2 N–H and O–H groups in total. The van der Waals surface area contributed by atoms with Crippen molar-refractivity contribution in [1.29, 1.82) is 0 Å². The average Bonchev–Trinajstić information content (AvgIpc) is 2.57. The lowest BCUT2D eigenvalue weighted by atomic mass is 10.1. The van der Waals surface area contributed by atoms with Crippen molar-refractivity contribution in [1.82, 2.24) is 0 Å². The molecule has 0 saturated carbocycles. The monoisotopic (exact) mass is 393 g/mol. The summed E-state index contributed by atoms with van der Waals surface area (Å²) in [5, 5.41) is 12.8. The van der Waals surface area contributed by atoms with Gasteiger partial charge in [-0.05, 0) is 54.8 Å². The van der Waals surface area contributed by atoms with Crippen molar-refractivity contribution in [3.05, 3.63) is 63.1 Å². The second-order valence-electron chi connectivity index (χ2n) is 5.62. The molecule has 7 heteroatoms. The van der Waals surface area contributed by atoms with E-state index in [2.05, 4.69) is 5.32 Å². The van der Waals surface area contributed by atoms with E-state index in [4.69, 9.17) is 27.9 Å². The molecule has 0 atom stereocenters. The summed E-state index contributed by atoms with van der Waals surface area (Å²) in [6.07, 6.45) is 1.37. The summed E-state index contributed by atoms with van der Waals surface area (Å²) in [5.74, 6) is -1.19. The summed E-state index contributed by atoms with van der Waals surface area (Å²) < 4.78 is 5.13. The molecule has 5 nitrogen and oxygen atoms in total. The standard InChI is InChI=1S/C19H17Cl2NO4/c1-10(12-4-5-14(20)15(21)8-12)7-18(23)22-16-6-11(2)17(26-3)9-13(16)19(24)25/h4-9H,1-3H3,(H,22,23)(H,24,25)/b10-7+. The number of rotatable bonds is 5. The highest BCUT2D eigenvalue weighted by Gasteiger charge is 2.15. The number of carboxylic acid groups (broad SMARTS) is 1. The lowest BCUT2D eigenvalue weighted by molar-refractivity contribution is -0.111. The fourth-order valence-electron chi connectivity index (χ4n) is 2.38. The number of methoxy groups -OCH3 is 1. The van der Waals surface area contributed by atoms with E-state index in [0.717, 1.165) is 5.56 Å². The number of halogens is 2. The van der Waals surface area contributed by atoms with Crippen LogP contribution in [0.3, 0.4) is 0 Å². The van der Waals surface area contributed by atoms with Crippen LogP contribution in [-0.4, -0.2) is 24.1 Å². The zero-order valence-electron chi connectivity index (χ0n) is 14.4. The number of benzene rings is 2. The second-order valence-corrected chi connectivity index (χ2v) is 6.43. The van der Waals surface area contributed by atoms with Crippen LogP contribution in [-0.2, 0) is 4.79 Å². The molecule has 2 aromatic rings. The van der Waals surface area contributed by atoms with Gasteiger partial charge in [0.1, 0.15) is 5.75 Å². The van der Waals surface area contributed by atoms with Crippen molar-refractivity contribution >= 4 is 46.3 Å². The summed E-state index contributed by atoms with van der Waals surface area (Å²) in [5.41, 5.74) is 2.24. The number of hydrogen-bond acceptors (Lipinski definition) is 3. The summed E-state index contributed by atoms with van der Waals surface area (Å²) in [7, 11) is 1.45. The average molecular weight is 394 g/mol. The van der Waals surface area contributed by atoms with E-state index >= 15 is 0 Å². The van der Waals surface area contributed by atoms with Crippen LogP contribution in [0, 0.1) is 6.92 Å². The number of allylic oxidation sites excluding steroid dienone is 1. The summed E-state index contributed by atoms with van der Waals surface area (Å²) in [4.78, 5) is 23.8. The SMILES string of the molecule is COc1cc(C(=O)O)c(NC(=O)/C=C(\C)c2ccc(Cl)c(Cl)c2)cc1C. The van der Waals surface area contributed by atoms with E-state index in [0.29, 0.717) is 26.9 Å². The molecule has 0 bridgehead atoms. The van der Waals surface area contributed by atoms with E-state index in [9.17, 15) is 14.7 Å². The smallest absolute Gasteiger partial charge is 0.337 e. The Hall–Kier alpha value is -2.50. The van der Waals surface area contributed by atoms with Crippen LogP contribution in [0.4, 0.5) is 5.69 Å². The molecule has 0 aromatic heterocycles. The molecule has 0 aliphatic heterocycles. The van der Waals surface area contributed by atoms with Crippen LogP contribution < -0.4 is 10.1 Å². The van der Waals surface area contributed by atoms with Gasteiger partial charge in [-0.15, -0.1) is 0 Å². The third-order valence-electron chi connectivity index (χ3n) is 3.75. The Morgan fingerprint density at radius 2 is 1.85 bits per heavy atom. The van der Waals surface area contributed by atoms with Gasteiger partial charge >= 0.3 is 5.97 Å². The molecule has 2 aromatic carbocycles. The van der Waals surface area contributed by atoms with E-state index < -0.39 is 11.9 Å². The van der Waals surface area contributed by atoms with Gasteiger partial charge in [0.15, 0.2) is 0 Å². The number of aryl methyl sites for hydroxylation is 1. The number of hydrogen-bond donors (Lipinski definition) is 2. The Labute approximate surface area is 161 Å². The van der Waals surface area contributed by atoms with Gasteiger partial charge in [-0.25, -0.2) is 4.79 Å². The number of ether oxygens (including phenoxy) is 1. The van der Waals surface area contributed by atoms with E-state index in [-0.39, 0.29) is 11.3 Å². The fraction of sp³-hybridized carbons (Fsp3) is 0.158. The number of carboxylic acids is 1. The number of aromatic carboxylic acids is 1. The molecule has 26 heavy (non-hydrogen) atoms. The first-order valence-corrected chi connectivity index (χ1v) is 8.35. The van der Waals surface area contributed by atoms with Crippen LogP contribution in [0.2, 0.25) is 10.0 Å². The predicted octanol–water partition coefficient (Wildman–Crippen LogP) is 5.05. The maximum Gasteiger partial charge on any atom is 0.337 e. The van der Waals surface area contributed by atoms with Gasteiger partial charge in [0.25, 0.3) is 0 Å². The lowest BCUT2D eigenvalue weighted by Gasteiger charge is -2.12. The lowest BCUT2D eigenvalue weighted by Crippen LogP contribution is -2.13. The van der Waals surface area contributed by atoms with Crippen molar-refractivity contribution in [2.45, 2.75) is 13.8 Å². The molecule has 0 aliphatic carbocycles. The summed E-state index contributed by atoms with van der Waals surface area (Å²) in [6.45, 7) is 3.51. The molecule has 0 aliphatic rings. The van der Waals surface area contributed by atoms with Gasteiger partial charge in [0, 0.05) is 6.08 Å². The van der Waals surface area contributed by atoms with Crippen LogP contribution in [0.5, 0.6) is 5.75 Å². The maximum absolute atomic E-state index is 12.3. The van der Waals surface area contributed by atoms with Gasteiger partial charge in [-0.1, -0.05) is 29.3 Å². The Morgan fingerprint density at radius 3 is 2.42 bits per heavy atom. The molecule has 0 radical (unpaired) electrons. The van der Waals surface area contributed by atoms with E-state index in [1.807, 2.05) is 0 Å². The molecule has 0 saturated heterocycles. The largest absolute Gasteiger partial charge is 0.496 e. The summed E-state index contributed by atoms with van der Waals surface area (Å²) in [6, 6.07) is 7.98. The molecule has 0 heterocycles. The molecule has 0 unspecified atom stereocenters. The van der Waals surface area contributed by atoms with Gasteiger partial charge in [0.05, 0.1) is 28.4 Å². The quantitative estimate of drug-likeness (QED) is 0.696. The van der Waals surface area contributed by atoms with Crippen molar-refractivity contribution in [3.8, 4) is 5.75 Å². The fourth-order valence-corrected chi connectivity index (χ4v) is 2.68. The highest BCUT2D eigenvalue weighted by atomic mass is 35.5. The topological polar surface area (TPSA) is 75.6 Å². The van der Waals surface area contributed by atoms with Crippen LogP contribution >= 0.6 is 23.2 Å². The number of nitrogens with one attached hydrogen (secondary N) is 1. The molecule has 0 spiro atoms. The van der Waals surface area contributed by atoms with Crippen LogP contribution in [0.1, 0.15) is 28.4 Å². The van der Waals surface area contributed by atoms with Crippen molar-refractivity contribution in [2.24, 2.45) is 0 Å².